The first kappa shape index (κ1) is 11.6. The first-order valence-corrected chi connectivity index (χ1v) is 6.47. The number of hydrogen-bond donors (Lipinski definition) is 1. The van der Waals surface area contributed by atoms with Crippen LogP contribution in [0, 0.1) is 11.3 Å². The summed E-state index contributed by atoms with van der Waals surface area (Å²) in [4.78, 5) is 0. The van der Waals surface area contributed by atoms with Gasteiger partial charge in [-0.3, -0.25) is 5.32 Å². The Morgan fingerprint density at radius 2 is 2.38 bits per heavy atom. The summed E-state index contributed by atoms with van der Waals surface area (Å²) >= 11 is 3.56. The lowest BCUT2D eigenvalue weighted by atomic mass is 9.93. The van der Waals surface area contributed by atoms with Crippen LogP contribution in [-0.4, -0.2) is 6.54 Å². The Kier molecular flexibility index (Phi) is 3.32. The molecule has 84 valence electrons. The molecule has 1 aromatic carbocycles. The molecule has 1 aromatic rings. The Bertz CT molecular complexity index is 436. The third kappa shape index (κ3) is 1.77. The van der Waals surface area contributed by atoms with Crippen LogP contribution in [0.4, 0.5) is 0 Å². The van der Waals surface area contributed by atoms with Crippen LogP contribution in [0.25, 0.3) is 0 Å². The van der Waals surface area contributed by atoms with Crippen molar-refractivity contribution in [1.82, 2.24) is 5.32 Å². The largest absolute Gasteiger partial charge is 0.296 e. The van der Waals surface area contributed by atoms with Crippen LogP contribution in [0.15, 0.2) is 22.7 Å². The second kappa shape index (κ2) is 4.57. The Balaban J connectivity index is 2.40. The molecule has 16 heavy (non-hydrogen) atoms. The Morgan fingerprint density at radius 1 is 1.56 bits per heavy atom. The van der Waals surface area contributed by atoms with Gasteiger partial charge < -0.3 is 0 Å². The molecule has 2 nitrogen and oxygen atoms in total. The van der Waals surface area contributed by atoms with E-state index in [9.17, 15) is 5.26 Å². The van der Waals surface area contributed by atoms with Crippen molar-refractivity contribution in [2.45, 2.75) is 31.7 Å². The topological polar surface area (TPSA) is 35.8 Å². The molecule has 0 amide bonds. The summed E-state index contributed by atoms with van der Waals surface area (Å²) in [6.07, 6.45) is 2.90. The van der Waals surface area contributed by atoms with Gasteiger partial charge >= 0.3 is 0 Å². The molecule has 0 bridgehead atoms. The fourth-order valence-corrected chi connectivity index (χ4v) is 2.90. The smallest absolute Gasteiger partial charge is 0.132 e. The highest BCUT2D eigenvalue weighted by molar-refractivity contribution is 9.10. The lowest BCUT2D eigenvalue weighted by Crippen LogP contribution is -2.39. The van der Waals surface area contributed by atoms with Gasteiger partial charge in [0.1, 0.15) is 5.54 Å². The summed E-state index contributed by atoms with van der Waals surface area (Å²) in [5.74, 6) is 0. The van der Waals surface area contributed by atoms with E-state index in [1.165, 1.54) is 5.56 Å². The summed E-state index contributed by atoms with van der Waals surface area (Å²) in [7, 11) is 0. The molecular weight excluding hydrogens is 264 g/mol. The van der Waals surface area contributed by atoms with Crippen molar-refractivity contribution >= 4 is 15.9 Å². The maximum absolute atomic E-state index is 9.45. The van der Waals surface area contributed by atoms with E-state index < -0.39 is 5.54 Å². The third-order valence-electron chi connectivity index (χ3n) is 3.20. The van der Waals surface area contributed by atoms with Crippen molar-refractivity contribution in [3.05, 3.63) is 33.8 Å². The Hall–Kier alpha value is -0.850. The molecule has 3 heteroatoms. The summed E-state index contributed by atoms with van der Waals surface area (Å²) in [6, 6.07) is 8.59. The fraction of sp³-hybridized carbons (Fsp3) is 0.462. The van der Waals surface area contributed by atoms with Gasteiger partial charge in [-0.2, -0.15) is 5.26 Å². The average molecular weight is 279 g/mol. The Morgan fingerprint density at radius 3 is 3.06 bits per heavy atom. The number of nitrogens with zero attached hydrogens (tertiary/aromatic N) is 1. The molecule has 1 atom stereocenters. The van der Waals surface area contributed by atoms with Gasteiger partial charge in [0.15, 0.2) is 0 Å². The van der Waals surface area contributed by atoms with Gasteiger partial charge in [-0.05, 0) is 43.0 Å². The molecule has 0 spiro atoms. The van der Waals surface area contributed by atoms with E-state index in [2.05, 4.69) is 40.3 Å². The molecule has 2 rings (SSSR count). The second-order valence-electron chi connectivity index (χ2n) is 4.21. The fourth-order valence-electron chi connectivity index (χ4n) is 2.34. The van der Waals surface area contributed by atoms with E-state index >= 15 is 0 Å². The van der Waals surface area contributed by atoms with E-state index in [0.29, 0.717) is 0 Å². The van der Waals surface area contributed by atoms with Crippen LogP contribution in [-0.2, 0) is 12.0 Å². The zero-order chi connectivity index (χ0) is 11.6. The van der Waals surface area contributed by atoms with Crippen LogP contribution < -0.4 is 5.32 Å². The number of rotatable bonds is 3. The highest BCUT2D eigenvalue weighted by Crippen LogP contribution is 2.39. The molecule has 0 fully saturated rings. The molecule has 1 unspecified atom stereocenters. The lowest BCUT2D eigenvalue weighted by molar-refractivity contribution is 0.425. The van der Waals surface area contributed by atoms with Crippen LogP contribution >= 0.6 is 15.9 Å². The van der Waals surface area contributed by atoms with Gasteiger partial charge in [0.25, 0.3) is 0 Å². The number of nitrogens with one attached hydrogen (secondary N) is 1. The molecule has 0 saturated carbocycles. The summed E-state index contributed by atoms with van der Waals surface area (Å²) in [5.41, 5.74) is 1.97. The van der Waals surface area contributed by atoms with Gasteiger partial charge in [-0.1, -0.05) is 35.0 Å². The van der Waals surface area contributed by atoms with Crippen molar-refractivity contribution in [2.75, 3.05) is 6.54 Å². The maximum atomic E-state index is 9.45. The van der Waals surface area contributed by atoms with Crippen LogP contribution in [0.2, 0.25) is 0 Å². The zero-order valence-corrected chi connectivity index (χ0v) is 11.0. The first-order chi connectivity index (χ1) is 7.73. The zero-order valence-electron chi connectivity index (χ0n) is 9.39. The normalized spacial score (nSPS) is 22.8. The predicted octanol–water partition coefficient (Wildman–Crippen LogP) is 3.11. The van der Waals surface area contributed by atoms with Crippen molar-refractivity contribution in [3.8, 4) is 6.07 Å². The molecule has 1 aliphatic rings. The van der Waals surface area contributed by atoms with Crippen LogP contribution in [0.5, 0.6) is 0 Å². The minimum absolute atomic E-state index is 0.463. The van der Waals surface area contributed by atoms with Gasteiger partial charge in [0.05, 0.1) is 6.07 Å². The van der Waals surface area contributed by atoms with Crippen molar-refractivity contribution < 1.29 is 0 Å². The molecule has 0 aliphatic heterocycles. The van der Waals surface area contributed by atoms with E-state index in [0.717, 1.165) is 35.8 Å². The quantitative estimate of drug-likeness (QED) is 0.922. The van der Waals surface area contributed by atoms with Gasteiger partial charge in [-0.15, -0.1) is 0 Å². The second-order valence-corrected chi connectivity index (χ2v) is 5.06. The molecule has 0 heterocycles. The first-order valence-electron chi connectivity index (χ1n) is 5.67. The highest BCUT2D eigenvalue weighted by atomic mass is 79.9. The molecule has 1 N–H and O–H groups in total. The number of benzene rings is 1. The summed E-state index contributed by atoms with van der Waals surface area (Å²) in [6.45, 7) is 3.01. The monoisotopic (exact) mass is 278 g/mol. The van der Waals surface area contributed by atoms with Gasteiger partial charge in [-0.25, -0.2) is 0 Å². The maximum Gasteiger partial charge on any atom is 0.132 e. The van der Waals surface area contributed by atoms with E-state index in [4.69, 9.17) is 0 Å². The minimum atomic E-state index is -0.463. The molecule has 0 radical (unpaired) electrons. The van der Waals surface area contributed by atoms with Crippen molar-refractivity contribution in [2.24, 2.45) is 0 Å². The molecule has 0 saturated heterocycles. The highest BCUT2D eigenvalue weighted by Gasteiger charge is 2.39. The van der Waals surface area contributed by atoms with Gasteiger partial charge in [0, 0.05) is 4.47 Å². The standard InChI is InChI=1S/C13H15BrN2/c1-2-8-16-13(9-15)7-6-10-11(13)4-3-5-12(10)14/h3-5,16H,2,6-8H2,1H3. The Labute approximate surface area is 105 Å². The lowest BCUT2D eigenvalue weighted by Gasteiger charge is -2.23. The van der Waals surface area contributed by atoms with Crippen molar-refractivity contribution in [3.63, 3.8) is 0 Å². The van der Waals surface area contributed by atoms with E-state index in [1.807, 2.05) is 12.1 Å². The SMILES string of the molecule is CCCNC1(C#N)CCc2c(Br)cccc21. The van der Waals surface area contributed by atoms with E-state index in [-0.39, 0.29) is 0 Å². The number of fused-ring (bicyclic) bond motifs is 1. The number of nitriles is 1. The van der Waals surface area contributed by atoms with Gasteiger partial charge in [0.2, 0.25) is 0 Å². The van der Waals surface area contributed by atoms with Crippen molar-refractivity contribution in [1.29, 1.82) is 5.26 Å². The average Bonchev–Trinajstić information content (AvgIpc) is 2.68. The van der Waals surface area contributed by atoms with Crippen LogP contribution in [0.3, 0.4) is 0 Å². The third-order valence-corrected chi connectivity index (χ3v) is 3.94. The van der Waals surface area contributed by atoms with E-state index in [1.54, 1.807) is 0 Å². The number of halogens is 1. The van der Waals surface area contributed by atoms with Crippen LogP contribution in [0.1, 0.15) is 30.9 Å². The minimum Gasteiger partial charge on any atom is -0.296 e. The molecule has 1 aliphatic carbocycles. The summed E-state index contributed by atoms with van der Waals surface area (Å²) in [5, 5.41) is 12.8. The molecular formula is C13H15BrN2. The molecule has 0 aromatic heterocycles. The number of hydrogen-bond acceptors (Lipinski definition) is 2. The predicted molar refractivity (Wildman–Crippen MR) is 68.0 cm³/mol. The summed E-state index contributed by atoms with van der Waals surface area (Å²) < 4.78 is 1.13.